The Bertz CT molecular complexity index is 701. The summed E-state index contributed by atoms with van der Waals surface area (Å²) in [5.41, 5.74) is 3.28. The van der Waals surface area contributed by atoms with Gasteiger partial charge in [-0.25, -0.2) is 0 Å². The van der Waals surface area contributed by atoms with Crippen molar-refractivity contribution < 1.29 is 4.79 Å². The van der Waals surface area contributed by atoms with Gasteiger partial charge in [-0.15, -0.1) is 0 Å². The van der Waals surface area contributed by atoms with Gasteiger partial charge in [0, 0.05) is 38.6 Å². The fourth-order valence-electron chi connectivity index (χ4n) is 3.90. The Morgan fingerprint density at radius 1 is 0.958 bits per heavy atom. The van der Waals surface area contributed by atoms with Crippen LogP contribution in [0.25, 0.3) is 11.1 Å². The summed E-state index contributed by atoms with van der Waals surface area (Å²) in [6.45, 7) is 4.02. The van der Waals surface area contributed by atoms with Crippen LogP contribution in [0.1, 0.15) is 5.56 Å². The van der Waals surface area contributed by atoms with Gasteiger partial charge >= 0.3 is 0 Å². The predicted octanol–water partition coefficient (Wildman–Crippen LogP) is 1.78. The molecule has 0 aromatic heterocycles. The van der Waals surface area contributed by atoms with Crippen LogP contribution in [-0.4, -0.2) is 32.1 Å². The summed E-state index contributed by atoms with van der Waals surface area (Å²) < 4.78 is 0. The van der Waals surface area contributed by atoms with Crippen molar-refractivity contribution in [2.24, 2.45) is 11.3 Å². The molecular formula is C20H23N3O. The van der Waals surface area contributed by atoms with Crippen molar-refractivity contribution in [2.45, 2.75) is 6.54 Å². The zero-order chi connectivity index (χ0) is 16.4. The van der Waals surface area contributed by atoms with Crippen molar-refractivity contribution in [3.63, 3.8) is 0 Å². The Labute approximate surface area is 142 Å². The van der Waals surface area contributed by atoms with Gasteiger partial charge in [-0.05, 0) is 16.7 Å². The Balaban J connectivity index is 1.40. The van der Waals surface area contributed by atoms with E-state index < -0.39 is 0 Å². The SMILES string of the molecule is O=C(NCc1ccc(-c2ccccc2)cc1)C12CNCC1CNC2. The van der Waals surface area contributed by atoms with Crippen molar-refractivity contribution in [2.75, 3.05) is 26.2 Å². The molecule has 4 nitrogen and oxygen atoms in total. The van der Waals surface area contributed by atoms with Gasteiger partial charge in [0.2, 0.25) is 5.91 Å². The summed E-state index contributed by atoms with van der Waals surface area (Å²) in [6, 6.07) is 18.8. The quantitative estimate of drug-likeness (QED) is 0.805. The molecule has 2 saturated heterocycles. The summed E-state index contributed by atoms with van der Waals surface area (Å²) >= 11 is 0. The maximum absolute atomic E-state index is 12.7. The summed E-state index contributed by atoms with van der Waals surface area (Å²) in [7, 11) is 0. The van der Waals surface area contributed by atoms with Crippen LogP contribution in [0.15, 0.2) is 54.6 Å². The highest BCUT2D eigenvalue weighted by Gasteiger charge is 2.51. The molecule has 0 aliphatic carbocycles. The van der Waals surface area contributed by atoms with Crippen molar-refractivity contribution in [1.29, 1.82) is 0 Å². The lowest BCUT2D eigenvalue weighted by molar-refractivity contribution is -0.130. The number of carbonyl (C=O) groups excluding carboxylic acids is 1. The number of amides is 1. The second-order valence-electron chi connectivity index (χ2n) is 6.86. The third-order valence-electron chi connectivity index (χ3n) is 5.41. The molecule has 2 heterocycles. The Kier molecular flexibility index (Phi) is 4.08. The lowest BCUT2D eigenvalue weighted by Gasteiger charge is -2.26. The number of fused-ring (bicyclic) bond motifs is 1. The van der Waals surface area contributed by atoms with Gasteiger partial charge in [-0.2, -0.15) is 0 Å². The zero-order valence-corrected chi connectivity index (χ0v) is 13.7. The van der Waals surface area contributed by atoms with E-state index in [0.29, 0.717) is 12.5 Å². The second kappa shape index (κ2) is 6.38. The molecule has 4 heteroatoms. The molecule has 2 aliphatic rings. The minimum absolute atomic E-state index is 0.176. The van der Waals surface area contributed by atoms with Gasteiger partial charge < -0.3 is 16.0 Å². The third-order valence-corrected chi connectivity index (χ3v) is 5.41. The number of benzene rings is 2. The topological polar surface area (TPSA) is 53.2 Å². The van der Waals surface area contributed by atoms with Gasteiger partial charge in [-0.3, -0.25) is 4.79 Å². The van der Waals surface area contributed by atoms with Crippen molar-refractivity contribution in [3.8, 4) is 11.1 Å². The maximum atomic E-state index is 12.7. The molecule has 124 valence electrons. The molecule has 1 amide bonds. The van der Waals surface area contributed by atoms with Gasteiger partial charge in [0.1, 0.15) is 0 Å². The molecule has 2 aliphatic heterocycles. The molecule has 2 fully saturated rings. The molecule has 0 spiro atoms. The normalized spacial score (nSPS) is 25.4. The Morgan fingerprint density at radius 3 is 2.25 bits per heavy atom. The highest BCUT2D eigenvalue weighted by molar-refractivity contribution is 5.84. The van der Waals surface area contributed by atoms with Crippen molar-refractivity contribution >= 4 is 5.91 Å². The van der Waals surface area contributed by atoms with Crippen LogP contribution < -0.4 is 16.0 Å². The first kappa shape index (κ1) is 15.4. The lowest BCUT2D eigenvalue weighted by atomic mass is 9.80. The first-order valence-electron chi connectivity index (χ1n) is 8.62. The highest BCUT2D eigenvalue weighted by atomic mass is 16.2. The minimum Gasteiger partial charge on any atom is -0.351 e. The smallest absolute Gasteiger partial charge is 0.229 e. The molecular weight excluding hydrogens is 298 g/mol. The minimum atomic E-state index is -0.260. The number of hydrogen-bond donors (Lipinski definition) is 3. The third kappa shape index (κ3) is 2.72. The second-order valence-corrected chi connectivity index (χ2v) is 6.86. The standard InChI is InChI=1S/C20H23N3O/c24-19(20-13-21-11-18(20)12-22-14-20)23-10-15-6-8-17(9-7-15)16-4-2-1-3-5-16/h1-9,18,21-22H,10-14H2,(H,23,24). The first-order chi connectivity index (χ1) is 11.8. The molecule has 4 rings (SSSR count). The summed E-state index contributed by atoms with van der Waals surface area (Å²) in [6.07, 6.45) is 0. The monoisotopic (exact) mass is 321 g/mol. The van der Waals surface area contributed by atoms with E-state index in [4.69, 9.17) is 0 Å². The number of carbonyl (C=O) groups is 1. The molecule has 0 radical (unpaired) electrons. The largest absolute Gasteiger partial charge is 0.351 e. The van der Waals surface area contributed by atoms with Gasteiger partial charge in [-0.1, -0.05) is 54.6 Å². The number of hydrogen-bond acceptors (Lipinski definition) is 3. The average Bonchev–Trinajstić information content (AvgIpc) is 3.22. The van der Waals surface area contributed by atoms with Crippen LogP contribution >= 0.6 is 0 Å². The molecule has 0 atom stereocenters. The molecule has 0 bridgehead atoms. The van der Waals surface area contributed by atoms with Crippen molar-refractivity contribution in [1.82, 2.24) is 16.0 Å². The van der Waals surface area contributed by atoms with Crippen LogP contribution in [-0.2, 0) is 11.3 Å². The first-order valence-corrected chi connectivity index (χ1v) is 8.62. The van der Waals surface area contributed by atoms with E-state index in [1.807, 2.05) is 18.2 Å². The Morgan fingerprint density at radius 2 is 1.58 bits per heavy atom. The van der Waals surface area contributed by atoms with E-state index in [-0.39, 0.29) is 11.3 Å². The van der Waals surface area contributed by atoms with E-state index in [1.165, 1.54) is 11.1 Å². The zero-order valence-electron chi connectivity index (χ0n) is 13.7. The van der Waals surface area contributed by atoms with Crippen LogP contribution in [0.5, 0.6) is 0 Å². The molecule has 24 heavy (non-hydrogen) atoms. The number of nitrogens with one attached hydrogen (secondary N) is 3. The van der Waals surface area contributed by atoms with E-state index in [9.17, 15) is 4.79 Å². The van der Waals surface area contributed by atoms with Gasteiger partial charge in [0.15, 0.2) is 0 Å². The molecule has 0 saturated carbocycles. The van der Waals surface area contributed by atoms with Crippen LogP contribution in [0.4, 0.5) is 0 Å². The fraction of sp³-hybridized carbons (Fsp3) is 0.350. The summed E-state index contributed by atoms with van der Waals surface area (Å²) in [5, 5.41) is 9.88. The van der Waals surface area contributed by atoms with Gasteiger partial charge in [0.25, 0.3) is 0 Å². The molecule has 3 N–H and O–H groups in total. The van der Waals surface area contributed by atoms with Crippen LogP contribution in [0, 0.1) is 11.3 Å². The van der Waals surface area contributed by atoms with Crippen molar-refractivity contribution in [3.05, 3.63) is 60.2 Å². The van der Waals surface area contributed by atoms with E-state index in [1.54, 1.807) is 0 Å². The van der Waals surface area contributed by atoms with Gasteiger partial charge in [0.05, 0.1) is 5.41 Å². The van der Waals surface area contributed by atoms with E-state index in [2.05, 4.69) is 52.3 Å². The van der Waals surface area contributed by atoms with E-state index in [0.717, 1.165) is 31.7 Å². The lowest BCUT2D eigenvalue weighted by Crippen LogP contribution is -2.46. The van der Waals surface area contributed by atoms with Crippen LogP contribution in [0.3, 0.4) is 0 Å². The highest BCUT2D eigenvalue weighted by Crippen LogP contribution is 2.35. The average molecular weight is 321 g/mol. The van der Waals surface area contributed by atoms with E-state index >= 15 is 0 Å². The summed E-state index contributed by atoms with van der Waals surface area (Å²) in [5.74, 6) is 0.590. The van der Waals surface area contributed by atoms with Crippen LogP contribution in [0.2, 0.25) is 0 Å². The Hall–Kier alpha value is -2.17. The number of rotatable bonds is 4. The molecule has 2 aromatic carbocycles. The maximum Gasteiger partial charge on any atom is 0.229 e. The fourth-order valence-corrected chi connectivity index (χ4v) is 3.90. The molecule has 2 aromatic rings. The predicted molar refractivity (Wildman–Crippen MR) is 95.4 cm³/mol. The molecule has 0 unspecified atom stereocenters. The summed E-state index contributed by atoms with van der Waals surface area (Å²) in [4.78, 5) is 12.7.